The van der Waals surface area contributed by atoms with Crippen LogP contribution in [0.15, 0.2) is 18.2 Å². The molecule has 3 rings (SSSR count). The lowest BCUT2D eigenvalue weighted by atomic mass is 9.86. The Kier molecular flexibility index (Phi) is 3.06. The van der Waals surface area contributed by atoms with Crippen LogP contribution < -0.4 is 4.74 Å². The summed E-state index contributed by atoms with van der Waals surface area (Å²) < 4.78 is 5.95. The molecule has 2 heteroatoms. The second-order valence-electron chi connectivity index (χ2n) is 5.34. The van der Waals surface area contributed by atoms with Crippen LogP contribution in [-0.4, -0.2) is 11.7 Å². The highest BCUT2D eigenvalue weighted by molar-refractivity contribution is 5.42. The Bertz CT molecular complexity index is 396. The maximum atomic E-state index is 9.96. The largest absolute Gasteiger partial charge is 0.493 e. The molecule has 1 aromatic carbocycles. The minimum absolute atomic E-state index is 0.286. The van der Waals surface area contributed by atoms with E-state index in [4.69, 9.17) is 4.74 Å². The molecule has 0 amide bonds. The summed E-state index contributed by atoms with van der Waals surface area (Å²) in [6.45, 7) is 0.854. The maximum absolute atomic E-state index is 9.96. The highest BCUT2D eigenvalue weighted by Crippen LogP contribution is 2.36. The first-order chi connectivity index (χ1) is 8.34. The number of hydrogen-bond donors (Lipinski definition) is 1. The molecule has 1 unspecified atom stereocenters. The van der Waals surface area contributed by atoms with Crippen LogP contribution in [0.4, 0.5) is 0 Å². The second-order valence-corrected chi connectivity index (χ2v) is 5.34. The van der Waals surface area contributed by atoms with E-state index in [0.717, 1.165) is 43.1 Å². The number of ether oxygens (including phenoxy) is 1. The van der Waals surface area contributed by atoms with E-state index in [1.54, 1.807) is 0 Å². The van der Waals surface area contributed by atoms with Crippen LogP contribution in [0.3, 0.4) is 0 Å². The topological polar surface area (TPSA) is 29.5 Å². The number of aliphatic hydroxyl groups is 1. The van der Waals surface area contributed by atoms with Gasteiger partial charge in [0.2, 0.25) is 0 Å². The minimum atomic E-state index is -0.286. The first-order valence-electron chi connectivity index (χ1n) is 6.77. The van der Waals surface area contributed by atoms with E-state index in [2.05, 4.69) is 6.07 Å². The number of aliphatic hydroxyl groups excluding tert-OH is 1. The fourth-order valence-corrected chi connectivity index (χ4v) is 2.79. The second kappa shape index (κ2) is 4.69. The fraction of sp³-hybridized carbons (Fsp3) is 0.600. The Morgan fingerprint density at radius 2 is 2.06 bits per heavy atom. The first-order valence-corrected chi connectivity index (χ1v) is 6.77. The molecule has 0 spiro atoms. The average molecular weight is 232 g/mol. The molecule has 2 aliphatic rings. The Labute approximate surface area is 103 Å². The first kappa shape index (κ1) is 11.1. The van der Waals surface area contributed by atoms with Gasteiger partial charge in [0.05, 0.1) is 12.7 Å². The lowest BCUT2D eigenvalue weighted by molar-refractivity contribution is 0.151. The van der Waals surface area contributed by atoms with Crippen molar-refractivity contribution in [1.29, 1.82) is 0 Å². The maximum Gasteiger partial charge on any atom is 0.122 e. The third kappa shape index (κ3) is 2.19. The molecule has 1 atom stereocenters. The molecule has 1 N–H and O–H groups in total. The Morgan fingerprint density at radius 3 is 2.82 bits per heavy atom. The van der Waals surface area contributed by atoms with E-state index >= 15 is 0 Å². The van der Waals surface area contributed by atoms with E-state index in [1.807, 2.05) is 12.1 Å². The highest BCUT2D eigenvalue weighted by atomic mass is 16.5. The van der Waals surface area contributed by atoms with Gasteiger partial charge in [-0.1, -0.05) is 18.6 Å². The average Bonchev–Trinajstić information content (AvgIpc) is 2.28. The molecule has 2 nitrogen and oxygen atoms in total. The van der Waals surface area contributed by atoms with Crippen LogP contribution >= 0.6 is 0 Å². The molecular formula is C15H20O2. The van der Waals surface area contributed by atoms with Crippen molar-refractivity contribution in [3.05, 3.63) is 29.3 Å². The molecule has 1 fully saturated rings. The fourth-order valence-electron chi connectivity index (χ4n) is 2.79. The molecule has 92 valence electrons. The van der Waals surface area contributed by atoms with Gasteiger partial charge >= 0.3 is 0 Å². The van der Waals surface area contributed by atoms with Crippen LogP contribution in [0.1, 0.15) is 49.3 Å². The van der Waals surface area contributed by atoms with E-state index in [0.29, 0.717) is 0 Å². The Balaban J connectivity index is 1.76. The minimum Gasteiger partial charge on any atom is -0.493 e. The standard InChI is InChI=1S/C15H20O2/c16-14-8-2-7-13-12(14)6-3-9-15(13)17-10-11-4-1-5-11/h3,6,9,11,14,16H,1-2,4-5,7-8,10H2. The Hall–Kier alpha value is -1.02. The molecule has 17 heavy (non-hydrogen) atoms. The summed E-state index contributed by atoms with van der Waals surface area (Å²) in [5.41, 5.74) is 2.33. The van der Waals surface area contributed by atoms with Crippen molar-refractivity contribution in [3.63, 3.8) is 0 Å². The van der Waals surface area contributed by atoms with Crippen molar-refractivity contribution in [2.45, 2.75) is 44.6 Å². The van der Waals surface area contributed by atoms with Gasteiger partial charge in [0.25, 0.3) is 0 Å². The van der Waals surface area contributed by atoms with Gasteiger partial charge in [-0.25, -0.2) is 0 Å². The predicted octanol–water partition coefficient (Wildman–Crippen LogP) is 3.24. The summed E-state index contributed by atoms with van der Waals surface area (Å²) >= 11 is 0. The van der Waals surface area contributed by atoms with Crippen LogP contribution in [0.25, 0.3) is 0 Å². The van der Waals surface area contributed by atoms with Crippen molar-refractivity contribution in [2.24, 2.45) is 5.92 Å². The lowest BCUT2D eigenvalue weighted by Gasteiger charge is -2.27. The van der Waals surface area contributed by atoms with Gasteiger partial charge in [-0.3, -0.25) is 0 Å². The summed E-state index contributed by atoms with van der Waals surface area (Å²) in [6.07, 6.45) is 6.71. The molecule has 0 heterocycles. The van der Waals surface area contributed by atoms with Crippen molar-refractivity contribution in [2.75, 3.05) is 6.61 Å². The number of benzene rings is 1. The van der Waals surface area contributed by atoms with E-state index in [9.17, 15) is 5.11 Å². The molecule has 0 aliphatic heterocycles. The third-order valence-electron chi connectivity index (χ3n) is 4.13. The summed E-state index contributed by atoms with van der Waals surface area (Å²) in [4.78, 5) is 0. The van der Waals surface area contributed by atoms with Crippen LogP contribution in [-0.2, 0) is 6.42 Å². The van der Waals surface area contributed by atoms with Gasteiger partial charge in [-0.15, -0.1) is 0 Å². The SMILES string of the molecule is OC1CCCc2c(OCC3CCC3)cccc21. The van der Waals surface area contributed by atoms with Crippen LogP contribution in [0, 0.1) is 5.92 Å². The van der Waals surface area contributed by atoms with Crippen LogP contribution in [0.5, 0.6) is 5.75 Å². The monoisotopic (exact) mass is 232 g/mol. The van der Waals surface area contributed by atoms with Crippen molar-refractivity contribution in [1.82, 2.24) is 0 Å². The van der Waals surface area contributed by atoms with Gasteiger partial charge in [-0.2, -0.15) is 0 Å². The molecule has 0 aromatic heterocycles. The number of rotatable bonds is 3. The zero-order valence-corrected chi connectivity index (χ0v) is 10.2. The summed E-state index contributed by atoms with van der Waals surface area (Å²) in [6, 6.07) is 6.09. The molecule has 1 saturated carbocycles. The summed E-state index contributed by atoms with van der Waals surface area (Å²) in [5, 5.41) is 9.96. The van der Waals surface area contributed by atoms with Gasteiger partial charge < -0.3 is 9.84 Å². The lowest BCUT2D eigenvalue weighted by Crippen LogP contribution is -2.20. The molecule has 2 aliphatic carbocycles. The summed E-state index contributed by atoms with van der Waals surface area (Å²) in [7, 11) is 0. The van der Waals surface area contributed by atoms with E-state index in [1.165, 1.54) is 24.8 Å². The summed E-state index contributed by atoms with van der Waals surface area (Å²) in [5.74, 6) is 1.77. The smallest absolute Gasteiger partial charge is 0.122 e. The molecule has 0 saturated heterocycles. The molecule has 0 bridgehead atoms. The normalized spacial score (nSPS) is 23.9. The van der Waals surface area contributed by atoms with Crippen LogP contribution in [0.2, 0.25) is 0 Å². The molecule has 1 aromatic rings. The van der Waals surface area contributed by atoms with Gasteiger partial charge in [0, 0.05) is 0 Å². The van der Waals surface area contributed by atoms with Gasteiger partial charge in [0.1, 0.15) is 5.75 Å². The van der Waals surface area contributed by atoms with E-state index in [-0.39, 0.29) is 6.10 Å². The zero-order valence-electron chi connectivity index (χ0n) is 10.2. The third-order valence-corrected chi connectivity index (χ3v) is 4.13. The molecule has 0 radical (unpaired) electrons. The molecular weight excluding hydrogens is 212 g/mol. The van der Waals surface area contributed by atoms with Crippen molar-refractivity contribution >= 4 is 0 Å². The van der Waals surface area contributed by atoms with Crippen molar-refractivity contribution in [3.8, 4) is 5.75 Å². The number of hydrogen-bond acceptors (Lipinski definition) is 2. The Morgan fingerprint density at radius 1 is 1.18 bits per heavy atom. The highest BCUT2D eigenvalue weighted by Gasteiger charge is 2.22. The zero-order chi connectivity index (χ0) is 11.7. The van der Waals surface area contributed by atoms with Gasteiger partial charge in [0.15, 0.2) is 0 Å². The van der Waals surface area contributed by atoms with Gasteiger partial charge in [-0.05, 0) is 55.2 Å². The quantitative estimate of drug-likeness (QED) is 0.867. The number of fused-ring (bicyclic) bond motifs is 1. The van der Waals surface area contributed by atoms with E-state index < -0.39 is 0 Å². The predicted molar refractivity (Wildman–Crippen MR) is 67.2 cm³/mol. The van der Waals surface area contributed by atoms with Crippen molar-refractivity contribution < 1.29 is 9.84 Å².